The third-order valence-corrected chi connectivity index (χ3v) is 3.17. The SMILES string of the molecule is Cc1nc(NC(=O)Cn2c(=O)cnc3ccccc32)n(C)n1. The molecule has 3 rings (SSSR count). The van der Waals surface area contributed by atoms with Crippen LogP contribution in [0.15, 0.2) is 35.3 Å². The van der Waals surface area contributed by atoms with Gasteiger partial charge in [-0.1, -0.05) is 12.1 Å². The summed E-state index contributed by atoms with van der Waals surface area (Å²) in [6, 6.07) is 7.16. The van der Waals surface area contributed by atoms with Crippen LogP contribution in [0.3, 0.4) is 0 Å². The van der Waals surface area contributed by atoms with Crippen LogP contribution < -0.4 is 10.9 Å². The first-order chi connectivity index (χ1) is 10.5. The van der Waals surface area contributed by atoms with E-state index in [4.69, 9.17) is 0 Å². The molecule has 1 N–H and O–H groups in total. The van der Waals surface area contributed by atoms with Crippen molar-refractivity contribution in [3.63, 3.8) is 0 Å². The zero-order valence-corrected chi connectivity index (χ0v) is 12.1. The summed E-state index contributed by atoms with van der Waals surface area (Å²) in [5.41, 5.74) is 0.937. The van der Waals surface area contributed by atoms with Gasteiger partial charge in [0.2, 0.25) is 11.9 Å². The quantitative estimate of drug-likeness (QED) is 0.758. The van der Waals surface area contributed by atoms with Crippen LogP contribution in [-0.4, -0.2) is 30.2 Å². The van der Waals surface area contributed by atoms with Gasteiger partial charge in [-0.2, -0.15) is 10.1 Å². The smallest absolute Gasteiger partial charge is 0.269 e. The number of nitrogens with one attached hydrogen (secondary N) is 1. The number of fused-ring (bicyclic) bond motifs is 1. The Morgan fingerprint density at radius 1 is 1.32 bits per heavy atom. The normalized spacial score (nSPS) is 10.8. The summed E-state index contributed by atoms with van der Waals surface area (Å²) in [5.74, 6) is 0.548. The van der Waals surface area contributed by atoms with Gasteiger partial charge >= 0.3 is 0 Å². The second-order valence-corrected chi connectivity index (χ2v) is 4.83. The van der Waals surface area contributed by atoms with E-state index in [2.05, 4.69) is 20.4 Å². The van der Waals surface area contributed by atoms with Crippen molar-refractivity contribution in [1.29, 1.82) is 0 Å². The van der Waals surface area contributed by atoms with Gasteiger partial charge < -0.3 is 0 Å². The summed E-state index contributed by atoms with van der Waals surface area (Å²) >= 11 is 0. The van der Waals surface area contributed by atoms with E-state index < -0.39 is 0 Å². The fourth-order valence-electron chi connectivity index (χ4n) is 2.21. The van der Waals surface area contributed by atoms with E-state index in [1.54, 1.807) is 32.2 Å². The largest absolute Gasteiger partial charge is 0.296 e. The lowest BCUT2D eigenvalue weighted by Gasteiger charge is -2.09. The van der Waals surface area contributed by atoms with E-state index >= 15 is 0 Å². The van der Waals surface area contributed by atoms with Crippen LogP contribution in [0, 0.1) is 6.92 Å². The fourth-order valence-corrected chi connectivity index (χ4v) is 2.21. The minimum Gasteiger partial charge on any atom is -0.296 e. The molecule has 0 aliphatic carbocycles. The van der Waals surface area contributed by atoms with E-state index in [1.165, 1.54) is 15.4 Å². The van der Waals surface area contributed by atoms with E-state index in [9.17, 15) is 9.59 Å². The molecule has 0 atom stereocenters. The van der Waals surface area contributed by atoms with Crippen LogP contribution in [0.4, 0.5) is 5.95 Å². The monoisotopic (exact) mass is 298 g/mol. The molecule has 8 heteroatoms. The Hall–Kier alpha value is -3.03. The minimum atomic E-state index is -0.353. The number of carbonyl (C=O) groups excluding carboxylic acids is 1. The Labute approximate surface area is 125 Å². The molecule has 0 fully saturated rings. The van der Waals surface area contributed by atoms with Gasteiger partial charge in [-0.05, 0) is 19.1 Å². The van der Waals surface area contributed by atoms with Gasteiger partial charge in [0.25, 0.3) is 5.56 Å². The molecule has 0 unspecified atom stereocenters. The molecule has 0 spiro atoms. The maximum absolute atomic E-state index is 12.2. The van der Waals surface area contributed by atoms with Crippen LogP contribution in [0.1, 0.15) is 5.82 Å². The summed E-state index contributed by atoms with van der Waals surface area (Å²) < 4.78 is 2.85. The second kappa shape index (κ2) is 5.40. The second-order valence-electron chi connectivity index (χ2n) is 4.83. The van der Waals surface area contributed by atoms with Crippen molar-refractivity contribution in [2.24, 2.45) is 7.05 Å². The molecular formula is C14H14N6O2. The van der Waals surface area contributed by atoms with Crippen LogP contribution in [0.5, 0.6) is 0 Å². The molecule has 8 nitrogen and oxygen atoms in total. The molecule has 0 radical (unpaired) electrons. The highest BCUT2D eigenvalue weighted by Crippen LogP contribution is 2.08. The van der Waals surface area contributed by atoms with Gasteiger partial charge in [-0.25, -0.2) is 9.67 Å². The topological polar surface area (TPSA) is 94.7 Å². The fraction of sp³-hybridized carbons (Fsp3) is 0.214. The van der Waals surface area contributed by atoms with Crippen molar-refractivity contribution in [1.82, 2.24) is 24.3 Å². The number of aryl methyl sites for hydroxylation is 2. The molecule has 0 saturated carbocycles. The maximum Gasteiger partial charge on any atom is 0.269 e. The van der Waals surface area contributed by atoms with Gasteiger partial charge in [0, 0.05) is 7.05 Å². The molecule has 0 aliphatic rings. The Balaban J connectivity index is 1.90. The standard InChI is InChI=1S/C14H14N6O2/c1-9-16-14(19(2)18-9)17-12(21)8-20-11-6-4-3-5-10(11)15-7-13(20)22/h3-7H,8H2,1-2H3,(H,16,17,18,21). The molecule has 112 valence electrons. The first-order valence-electron chi connectivity index (χ1n) is 6.66. The number of anilines is 1. The first kappa shape index (κ1) is 13.9. The van der Waals surface area contributed by atoms with Gasteiger partial charge in [0.05, 0.1) is 17.2 Å². The molecule has 0 bridgehead atoms. The molecule has 1 amide bonds. The first-order valence-corrected chi connectivity index (χ1v) is 6.66. The van der Waals surface area contributed by atoms with E-state index in [0.29, 0.717) is 22.8 Å². The van der Waals surface area contributed by atoms with Crippen molar-refractivity contribution < 1.29 is 4.79 Å². The molecule has 3 aromatic rings. The van der Waals surface area contributed by atoms with Crippen LogP contribution in [0.2, 0.25) is 0 Å². The molecule has 2 aromatic heterocycles. The van der Waals surface area contributed by atoms with Crippen molar-refractivity contribution in [3.8, 4) is 0 Å². The molecule has 0 aliphatic heterocycles. The Morgan fingerprint density at radius 2 is 2.09 bits per heavy atom. The van der Waals surface area contributed by atoms with Gasteiger partial charge in [0.15, 0.2) is 0 Å². The van der Waals surface area contributed by atoms with E-state index in [0.717, 1.165) is 0 Å². The number of rotatable bonds is 3. The van der Waals surface area contributed by atoms with E-state index in [-0.39, 0.29) is 18.0 Å². The van der Waals surface area contributed by atoms with Crippen LogP contribution in [-0.2, 0) is 18.4 Å². The van der Waals surface area contributed by atoms with E-state index in [1.807, 2.05) is 6.07 Å². The Bertz CT molecular complexity index is 911. The highest BCUT2D eigenvalue weighted by Gasteiger charge is 2.12. The summed E-state index contributed by atoms with van der Waals surface area (Å²) in [7, 11) is 1.68. The summed E-state index contributed by atoms with van der Waals surface area (Å²) in [4.78, 5) is 32.3. The molecule has 2 heterocycles. The lowest BCUT2D eigenvalue weighted by Crippen LogP contribution is -2.28. The Kier molecular flexibility index (Phi) is 3.42. The average molecular weight is 298 g/mol. The highest BCUT2D eigenvalue weighted by atomic mass is 16.2. The average Bonchev–Trinajstić information content (AvgIpc) is 2.80. The number of carbonyl (C=O) groups is 1. The van der Waals surface area contributed by atoms with Crippen molar-refractivity contribution in [3.05, 3.63) is 46.6 Å². The lowest BCUT2D eigenvalue weighted by molar-refractivity contribution is -0.116. The summed E-state index contributed by atoms with van der Waals surface area (Å²) in [5, 5.41) is 6.69. The maximum atomic E-state index is 12.2. The van der Waals surface area contributed by atoms with Crippen molar-refractivity contribution >= 4 is 22.9 Å². The van der Waals surface area contributed by atoms with Crippen LogP contribution >= 0.6 is 0 Å². The number of amides is 1. The summed E-state index contributed by atoms with van der Waals surface area (Å²) in [6.45, 7) is 1.62. The lowest BCUT2D eigenvalue weighted by atomic mass is 10.3. The number of nitrogens with zero attached hydrogens (tertiary/aromatic N) is 5. The number of benzene rings is 1. The number of para-hydroxylation sites is 2. The van der Waals surface area contributed by atoms with Gasteiger partial charge in [-0.15, -0.1) is 0 Å². The molecule has 1 aromatic carbocycles. The highest BCUT2D eigenvalue weighted by molar-refractivity contribution is 5.89. The number of hydrogen-bond donors (Lipinski definition) is 1. The summed E-state index contributed by atoms with van der Waals surface area (Å²) in [6.07, 6.45) is 1.21. The van der Waals surface area contributed by atoms with Crippen molar-refractivity contribution in [2.75, 3.05) is 5.32 Å². The number of hydrogen-bond acceptors (Lipinski definition) is 5. The zero-order valence-electron chi connectivity index (χ0n) is 12.1. The predicted molar refractivity (Wildman–Crippen MR) is 80.4 cm³/mol. The van der Waals surface area contributed by atoms with Crippen LogP contribution in [0.25, 0.3) is 11.0 Å². The third kappa shape index (κ3) is 2.58. The van der Waals surface area contributed by atoms with Gasteiger partial charge in [-0.3, -0.25) is 19.5 Å². The molecule has 0 saturated heterocycles. The van der Waals surface area contributed by atoms with Gasteiger partial charge in [0.1, 0.15) is 12.4 Å². The van der Waals surface area contributed by atoms with Crippen molar-refractivity contribution in [2.45, 2.75) is 13.5 Å². The molecule has 22 heavy (non-hydrogen) atoms. The minimum absolute atomic E-state index is 0.117. The Morgan fingerprint density at radius 3 is 2.82 bits per heavy atom. The number of aromatic nitrogens is 5. The predicted octanol–water partition coefficient (Wildman–Crippen LogP) is 0.472. The third-order valence-electron chi connectivity index (χ3n) is 3.17. The molecular weight excluding hydrogens is 284 g/mol. The zero-order chi connectivity index (χ0) is 15.7.